The lowest BCUT2D eigenvalue weighted by molar-refractivity contribution is 0.0505. The van der Waals surface area contributed by atoms with E-state index in [1.54, 1.807) is 12.3 Å². The number of esters is 1. The van der Waals surface area contributed by atoms with Gasteiger partial charge in [0.05, 0.1) is 47.2 Å². The SMILES string of the molecule is CCCOC(=O)c1cc(-c2cnc[nH]2)ccc1NC(=O)c1cc(O)c(C(=O)O)cc1C(=O)O. The minimum absolute atomic E-state index is 0.00662. The van der Waals surface area contributed by atoms with Crippen molar-refractivity contribution < 1.29 is 39.2 Å². The lowest BCUT2D eigenvalue weighted by atomic mass is 10.0. The fourth-order valence-electron chi connectivity index (χ4n) is 2.99. The number of aromatic amines is 1. The number of carbonyl (C=O) groups is 4. The number of H-pyrrole nitrogens is 1. The predicted octanol–water partition coefficient (Wildman–Crippen LogP) is 3.00. The molecule has 0 bridgehead atoms. The fraction of sp³-hybridized carbons (Fsp3) is 0.136. The second kappa shape index (κ2) is 9.64. The van der Waals surface area contributed by atoms with E-state index in [0.717, 1.165) is 6.07 Å². The minimum Gasteiger partial charge on any atom is -0.507 e. The summed E-state index contributed by atoms with van der Waals surface area (Å²) in [5.74, 6) is -5.60. The number of nitrogens with zero attached hydrogens (tertiary/aromatic N) is 1. The number of carboxylic acid groups (broad SMARTS) is 2. The van der Waals surface area contributed by atoms with E-state index in [-0.39, 0.29) is 17.9 Å². The maximum Gasteiger partial charge on any atom is 0.340 e. The van der Waals surface area contributed by atoms with Crippen LogP contribution in [0.1, 0.15) is 54.8 Å². The number of carboxylic acids is 2. The molecule has 1 heterocycles. The molecule has 33 heavy (non-hydrogen) atoms. The van der Waals surface area contributed by atoms with Gasteiger partial charge in [-0.05, 0) is 30.7 Å². The number of carbonyl (C=O) groups excluding carboxylic acids is 2. The molecule has 0 aliphatic heterocycles. The van der Waals surface area contributed by atoms with Gasteiger partial charge in [0, 0.05) is 5.56 Å². The van der Waals surface area contributed by atoms with Gasteiger partial charge in [0.25, 0.3) is 5.91 Å². The molecule has 11 nitrogen and oxygen atoms in total. The Labute approximate surface area is 186 Å². The molecular weight excluding hydrogens is 434 g/mol. The molecule has 0 aliphatic rings. The quantitative estimate of drug-likeness (QED) is 0.320. The molecule has 170 valence electrons. The van der Waals surface area contributed by atoms with Crippen LogP contribution >= 0.6 is 0 Å². The van der Waals surface area contributed by atoms with Crippen molar-refractivity contribution in [3.63, 3.8) is 0 Å². The first-order valence-electron chi connectivity index (χ1n) is 9.67. The average Bonchev–Trinajstić information content (AvgIpc) is 3.32. The second-order valence-electron chi connectivity index (χ2n) is 6.84. The third kappa shape index (κ3) is 4.98. The Morgan fingerprint density at radius 2 is 1.73 bits per heavy atom. The van der Waals surface area contributed by atoms with E-state index >= 15 is 0 Å². The highest BCUT2D eigenvalue weighted by atomic mass is 16.5. The van der Waals surface area contributed by atoms with Crippen molar-refractivity contribution in [3.05, 3.63) is 65.1 Å². The number of ether oxygens (including phenoxy) is 1. The van der Waals surface area contributed by atoms with Crippen LogP contribution in [0.2, 0.25) is 0 Å². The van der Waals surface area contributed by atoms with Crippen LogP contribution in [0.5, 0.6) is 5.75 Å². The highest BCUT2D eigenvalue weighted by Crippen LogP contribution is 2.27. The first kappa shape index (κ1) is 23.0. The lowest BCUT2D eigenvalue weighted by Gasteiger charge is -2.14. The number of amides is 1. The van der Waals surface area contributed by atoms with Gasteiger partial charge in [-0.1, -0.05) is 13.0 Å². The summed E-state index contributed by atoms with van der Waals surface area (Å²) in [6.07, 6.45) is 3.58. The van der Waals surface area contributed by atoms with Crippen LogP contribution in [0.3, 0.4) is 0 Å². The van der Waals surface area contributed by atoms with Gasteiger partial charge in [-0.2, -0.15) is 0 Å². The molecule has 0 saturated heterocycles. The third-order valence-corrected chi connectivity index (χ3v) is 4.58. The molecule has 1 amide bonds. The van der Waals surface area contributed by atoms with Crippen molar-refractivity contribution in [2.45, 2.75) is 13.3 Å². The summed E-state index contributed by atoms with van der Waals surface area (Å²) in [6, 6.07) is 5.94. The molecule has 0 fully saturated rings. The number of aromatic nitrogens is 2. The van der Waals surface area contributed by atoms with Crippen molar-refractivity contribution in [1.29, 1.82) is 0 Å². The number of hydrogen-bond donors (Lipinski definition) is 5. The smallest absolute Gasteiger partial charge is 0.340 e. The Kier molecular flexibility index (Phi) is 6.72. The molecule has 0 radical (unpaired) electrons. The topological polar surface area (TPSA) is 179 Å². The number of aromatic hydroxyl groups is 1. The van der Waals surface area contributed by atoms with E-state index in [1.807, 2.05) is 6.92 Å². The van der Waals surface area contributed by atoms with Crippen molar-refractivity contribution in [1.82, 2.24) is 9.97 Å². The van der Waals surface area contributed by atoms with Crippen LogP contribution in [0, 0.1) is 0 Å². The zero-order chi connectivity index (χ0) is 24.1. The summed E-state index contributed by atoms with van der Waals surface area (Å²) in [7, 11) is 0. The Hall–Kier alpha value is -4.67. The molecule has 0 unspecified atom stereocenters. The van der Waals surface area contributed by atoms with Gasteiger partial charge < -0.3 is 30.4 Å². The van der Waals surface area contributed by atoms with Crippen molar-refractivity contribution in [2.75, 3.05) is 11.9 Å². The van der Waals surface area contributed by atoms with Gasteiger partial charge in [0.15, 0.2) is 0 Å². The van der Waals surface area contributed by atoms with Gasteiger partial charge >= 0.3 is 17.9 Å². The third-order valence-electron chi connectivity index (χ3n) is 4.58. The van der Waals surface area contributed by atoms with E-state index in [4.69, 9.17) is 9.84 Å². The van der Waals surface area contributed by atoms with E-state index in [1.165, 1.54) is 18.5 Å². The van der Waals surface area contributed by atoms with Crippen molar-refractivity contribution >= 4 is 29.5 Å². The molecule has 11 heteroatoms. The van der Waals surface area contributed by atoms with Gasteiger partial charge in [-0.25, -0.2) is 19.4 Å². The number of benzene rings is 2. The largest absolute Gasteiger partial charge is 0.507 e. The Balaban J connectivity index is 2.02. The standard InChI is InChI=1S/C22H19N3O8/c1-2-5-33-22(32)14-6-11(17-9-23-10-24-17)3-4-16(14)25-19(27)12-8-18(26)15(21(30)31)7-13(12)20(28)29/h3-4,6-10,26H,2,5H2,1H3,(H,23,24)(H,25,27)(H,28,29)(H,30,31). The monoisotopic (exact) mass is 453 g/mol. The molecule has 2 aromatic carbocycles. The molecule has 0 aliphatic carbocycles. The summed E-state index contributed by atoms with van der Waals surface area (Å²) >= 11 is 0. The first-order chi connectivity index (χ1) is 15.7. The average molecular weight is 453 g/mol. The number of rotatable bonds is 8. The molecule has 0 saturated carbocycles. The number of hydrogen-bond acceptors (Lipinski definition) is 7. The van der Waals surface area contributed by atoms with Crippen LogP contribution in [0.15, 0.2) is 42.9 Å². The summed E-state index contributed by atoms with van der Waals surface area (Å²) in [5, 5.41) is 30.9. The van der Waals surface area contributed by atoms with E-state index in [2.05, 4.69) is 15.3 Å². The van der Waals surface area contributed by atoms with E-state index in [9.17, 15) is 29.4 Å². The van der Waals surface area contributed by atoms with Crippen LogP contribution in [-0.4, -0.2) is 55.7 Å². The zero-order valence-electron chi connectivity index (χ0n) is 17.3. The number of imidazole rings is 1. The van der Waals surface area contributed by atoms with E-state index < -0.39 is 46.3 Å². The lowest BCUT2D eigenvalue weighted by Crippen LogP contribution is -2.19. The summed E-state index contributed by atoms with van der Waals surface area (Å²) < 4.78 is 5.19. The maximum absolute atomic E-state index is 12.9. The summed E-state index contributed by atoms with van der Waals surface area (Å²) in [4.78, 5) is 55.1. The molecule has 0 atom stereocenters. The van der Waals surface area contributed by atoms with Crippen molar-refractivity contribution in [2.24, 2.45) is 0 Å². The molecule has 5 N–H and O–H groups in total. The van der Waals surface area contributed by atoms with Crippen LogP contribution in [0.25, 0.3) is 11.3 Å². The number of phenols is 1. The number of aromatic carboxylic acids is 2. The zero-order valence-corrected chi connectivity index (χ0v) is 17.3. The fourth-order valence-corrected chi connectivity index (χ4v) is 2.99. The molecule has 3 aromatic rings. The maximum atomic E-state index is 12.9. The van der Waals surface area contributed by atoms with Crippen LogP contribution in [-0.2, 0) is 4.74 Å². The van der Waals surface area contributed by atoms with Crippen LogP contribution < -0.4 is 5.32 Å². The second-order valence-corrected chi connectivity index (χ2v) is 6.84. The normalized spacial score (nSPS) is 10.5. The molecule has 1 aromatic heterocycles. The van der Waals surface area contributed by atoms with Crippen LogP contribution in [0.4, 0.5) is 5.69 Å². The number of nitrogens with one attached hydrogen (secondary N) is 2. The van der Waals surface area contributed by atoms with Gasteiger partial charge in [-0.15, -0.1) is 0 Å². The minimum atomic E-state index is -1.57. The highest BCUT2D eigenvalue weighted by Gasteiger charge is 2.24. The Morgan fingerprint density at radius 1 is 1.00 bits per heavy atom. The molecule has 3 rings (SSSR count). The van der Waals surface area contributed by atoms with Crippen molar-refractivity contribution in [3.8, 4) is 17.0 Å². The Morgan fingerprint density at radius 3 is 2.33 bits per heavy atom. The van der Waals surface area contributed by atoms with E-state index in [0.29, 0.717) is 23.7 Å². The van der Waals surface area contributed by atoms with Gasteiger partial charge in [0.2, 0.25) is 0 Å². The number of anilines is 1. The molecular formula is C22H19N3O8. The molecule has 0 spiro atoms. The van der Waals surface area contributed by atoms with Gasteiger partial charge in [-0.3, -0.25) is 4.79 Å². The summed E-state index contributed by atoms with van der Waals surface area (Å²) in [6.45, 7) is 1.96. The summed E-state index contributed by atoms with van der Waals surface area (Å²) in [5.41, 5.74) is -0.558. The predicted molar refractivity (Wildman–Crippen MR) is 115 cm³/mol. The Bertz CT molecular complexity index is 1230. The van der Waals surface area contributed by atoms with Gasteiger partial charge in [0.1, 0.15) is 11.3 Å². The highest BCUT2D eigenvalue weighted by molar-refractivity contribution is 6.14. The first-order valence-corrected chi connectivity index (χ1v) is 9.67.